The number of hydrogen-bond acceptors (Lipinski definition) is 2. The number of amides is 1. The number of piperidine rings is 1. The van der Waals surface area contributed by atoms with E-state index < -0.39 is 5.41 Å². The SMILES string of the molecule is CNCC1CCCN(C(=O)C(C)(C)c2ccccc2)C1. The van der Waals surface area contributed by atoms with Crippen LogP contribution >= 0.6 is 0 Å². The van der Waals surface area contributed by atoms with E-state index >= 15 is 0 Å². The first kappa shape index (κ1) is 15.0. The molecule has 1 fully saturated rings. The maximum Gasteiger partial charge on any atom is 0.232 e. The highest BCUT2D eigenvalue weighted by Crippen LogP contribution is 2.28. The molecule has 0 spiro atoms. The summed E-state index contributed by atoms with van der Waals surface area (Å²) in [5.74, 6) is 0.841. The molecule has 0 aromatic heterocycles. The molecule has 0 radical (unpaired) electrons. The van der Waals surface area contributed by atoms with E-state index in [1.165, 1.54) is 6.42 Å². The van der Waals surface area contributed by atoms with Crippen molar-refractivity contribution in [2.24, 2.45) is 5.92 Å². The number of nitrogens with zero attached hydrogens (tertiary/aromatic N) is 1. The second kappa shape index (κ2) is 6.40. The highest BCUT2D eigenvalue weighted by atomic mass is 16.2. The molecule has 1 N–H and O–H groups in total. The molecule has 1 unspecified atom stereocenters. The third-order valence-electron chi connectivity index (χ3n) is 4.33. The molecule has 1 aliphatic rings. The molecule has 0 bridgehead atoms. The topological polar surface area (TPSA) is 32.3 Å². The normalized spacial score (nSPS) is 19.9. The van der Waals surface area contributed by atoms with Gasteiger partial charge in [0.2, 0.25) is 5.91 Å². The number of carbonyl (C=O) groups excluding carboxylic acids is 1. The maximum atomic E-state index is 12.9. The van der Waals surface area contributed by atoms with Crippen molar-refractivity contribution in [3.63, 3.8) is 0 Å². The summed E-state index contributed by atoms with van der Waals surface area (Å²) >= 11 is 0. The van der Waals surface area contributed by atoms with Crippen LogP contribution < -0.4 is 5.32 Å². The monoisotopic (exact) mass is 274 g/mol. The minimum Gasteiger partial charge on any atom is -0.342 e. The van der Waals surface area contributed by atoms with Crippen LogP contribution in [-0.4, -0.2) is 37.5 Å². The molecule has 1 aromatic rings. The second-order valence-electron chi connectivity index (χ2n) is 6.31. The van der Waals surface area contributed by atoms with Gasteiger partial charge in [0.15, 0.2) is 0 Å². The van der Waals surface area contributed by atoms with Crippen LogP contribution in [0.15, 0.2) is 30.3 Å². The zero-order valence-electron chi connectivity index (χ0n) is 12.9. The van der Waals surface area contributed by atoms with Crippen LogP contribution in [0.4, 0.5) is 0 Å². The lowest BCUT2D eigenvalue weighted by molar-refractivity contribution is -0.138. The van der Waals surface area contributed by atoms with Gasteiger partial charge in [0, 0.05) is 13.1 Å². The Kier molecular flexibility index (Phi) is 4.81. The maximum absolute atomic E-state index is 12.9. The Morgan fingerprint density at radius 2 is 2.05 bits per heavy atom. The first-order chi connectivity index (χ1) is 9.55. The summed E-state index contributed by atoms with van der Waals surface area (Å²) in [7, 11) is 1.98. The molecular formula is C17H26N2O. The Morgan fingerprint density at radius 1 is 1.35 bits per heavy atom. The van der Waals surface area contributed by atoms with E-state index in [2.05, 4.69) is 10.2 Å². The molecule has 1 aliphatic heterocycles. The van der Waals surface area contributed by atoms with Gasteiger partial charge in [-0.15, -0.1) is 0 Å². The Hall–Kier alpha value is -1.35. The quantitative estimate of drug-likeness (QED) is 0.914. The Morgan fingerprint density at radius 3 is 2.70 bits per heavy atom. The van der Waals surface area contributed by atoms with Gasteiger partial charge in [0.05, 0.1) is 5.41 Å². The molecule has 1 heterocycles. The van der Waals surface area contributed by atoms with E-state index in [9.17, 15) is 4.79 Å². The molecule has 2 rings (SSSR count). The van der Waals surface area contributed by atoms with Crippen molar-refractivity contribution in [2.45, 2.75) is 32.1 Å². The van der Waals surface area contributed by atoms with Gasteiger partial charge in [-0.2, -0.15) is 0 Å². The van der Waals surface area contributed by atoms with Crippen molar-refractivity contribution in [1.29, 1.82) is 0 Å². The van der Waals surface area contributed by atoms with Crippen molar-refractivity contribution in [2.75, 3.05) is 26.7 Å². The van der Waals surface area contributed by atoms with E-state index in [4.69, 9.17) is 0 Å². The van der Waals surface area contributed by atoms with E-state index in [-0.39, 0.29) is 5.91 Å². The fourth-order valence-corrected chi connectivity index (χ4v) is 3.08. The van der Waals surface area contributed by atoms with Gasteiger partial charge < -0.3 is 10.2 Å². The number of carbonyl (C=O) groups is 1. The molecule has 1 amide bonds. The smallest absolute Gasteiger partial charge is 0.232 e. The summed E-state index contributed by atoms with van der Waals surface area (Å²) in [4.78, 5) is 14.9. The highest BCUT2D eigenvalue weighted by molar-refractivity contribution is 5.87. The third-order valence-corrected chi connectivity index (χ3v) is 4.33. The summed E-state index contributed by atoms with van der Waals surface area (Å²) in [6, 6.07) is 10.1. The number of hydrogen-bond donors (Lipinski definition) is 1. The zero-order valence-corrected chi connectivity index (χ0v) is 12.9. The van der Waals surface area contributed by atoms with Gasteiger partial charge in [0.25, 0.3) is 0 Å². The standard InChI is InChI=1S/C17H26N2O/c1-17(2,15-9-5-4-6-10-15)16(20)19-11-7-8-14(13-19)12-18-3/h4-6,9-10,14,18H,7-8,11-13H2,1-3H3. The van der Waals surface area contributed by atoms with Crippen molar-refractivity contribution >= 4 is 5.91 Å². The number of nitrogens with one attached hydrogen (secondary N) is 1. The summed E-state index contributed by atoms with van der Waals surface area (Å²) in [6.45, 7) is 6.85. The van der Waals surface area contributed by atoms with Crippen LogP contribution in [0.5, 0.6) is 0 Å². The Labute approximate surface area is 122 Å². The average molecular weight is 274 g/mol. The molecule has 1 saturated heterocycles. The summed E-state index contributed by atoms with van der Waals surface area (Å²) < 4.78 is 0. The number of rotatable bonds is 4. The molecule has 110 valence electrons. The predicted molar refractivity (Wildman–Crippen MR) is 82.7 cm³/mol. The van der Waals surface area contributed by atoms with E-state index in [1.54, 1.807) is 0 Å². The molecule has 1 atom stereocenters. The predicted octanol–water partition coefficient (Wildman–Crippen LogP) is 2.42. The van der Waals surface area contributed by atoms with Gasteiger partial charge in [0.1, 0.15) is 0 Å². The molecule has 0 aliphatic carbocycles. The largest absolute Gasteiger partial charge is 0.342 e. The van der Waals surface area contributed by atoms with Crippen LogP contribution in [0, 0.1) is 5.92 Å². The van der Waals surface area contributed by atoms with Crippen molar-refractivity contribution < 1.29 is 4.79 Å². The van der Waals surface area contributed by atoms with Gasteiger partial charge in [-0.05, 0) is 51.8 Å². The van der Waals surface area contributed by atoms with Gasteiger partial charge in [-0.1, -0.05) is 30.3 Å². The summed E-state index contributed by atoms with van der Waals surface area (Å²) in [6.07, 6.45) is 2.33. The molecule has 0 saturated carbocycles. The summed E-state index contributed by atoms with van der Waals surface area (Å²) in [5.41, 5.74) is 0.656. The van der Waals surface area contributed by atoms with Crippen molar-refractivity contribution in [3.05, 3.63) is 35.9 Å². The van der Waals surface area contributed by atoms with Gasteiger partial charge in [-0.3, -0.25) is 4.79 Å². The van der Waals surface area contributed by atoms with Gasteiger partial charge >= 0.3 is 0 Å². The minimum absolute atomic E-state index is 0.254. The average Bonchev–Trinajstić information content (AvgIpc) is 2.48. The number of benzene rings is 1. The molecule has 3 nitrogen and oxygen atoms in total. The fraction of sp³-hybridized carbons (Fsp3) is 0.588. The van der Waals surface area contributed by atoms with Crippen molar-refractivity contribution in [1.82, 2.24) is 10.2 Å². The third kappa shape index (κ3) is 3.21. The first-order valence-electron chi connectivity index (χ1n) is 7.55. The fourth-order valence-electron chi connectivity index (χ4n) is 3.08. The minimum atomic E-state index is -0.442. The lowest BCUT2D eigenvalue weighted by Gasteiger charge is -2.38. The van der Waals surface area contributed by atoms with Gasteiger partial charge in [-0.25, -0.2) is 0 Å². The van der Waals surface area contributed by atoms with Crippen LogP contribution in [0.3, 0.4) is 0 Å². The van der Waals surface area contributed by atoms with E-state index in [1.807, 2.05) is 51.2 Å². The van der Waals surface area contributed by atoms with Crippen LogP contribution in [-0.2, 0) is 10.2 Å². The Balaban J connectivity index is 2.10. The summed E-state index contributed by atoms with van der Waals surface area (Å²) in [5, 5.41) is 3.23. The Bertz CT molecular complexity index is 440. The molecule has 1 aromatic carbocycles. The lowest BCUT2D eigenvalue weighted by atomic mass is 9.82. The van der Waals surface area contributed by atoms with E-state index in [0.717, 1.165) is 31.6 Å². The lowest BCUT2D eigenvalue weighted by Crippen LogP contribution is -2.49. The molecular weight excluding hydrogens is 248 g/mol. The zero-order chi connectivity index (χ0) is 14.6. The van der Waals surface area contributed by atoms with Crippen molar-refractivity contribution in [3.8, 4) is 0 Å². The first-order valence-corrected chi connectivity index (χ1v) is 7.55. The second-order valence-corrected chi connectivity index (χ2v) is 6.31. The van der Waals surface area contributed by atoms with Crippen LogP contribution in [0.1, 0.15) is 32.3 Å². The molecule has 20 heavy (non-hydrogen) atoms. The van der Waals surface area contributed by atoms with Crippen LogP contribution in [0.25, 0.3) is 0 Å². The molecule has 3 heteroatoms. The van der Waals surface area contributed by atoms with E-state index in [0.29, 0.717) is 5.92 Å². The number of likely N-dealkylation sites (tertiary alicyclic amines) is 1. The van der Waals surface area contributed by atoms with Crippen LogP contribution in [0.2, 0.25) is 0 Å². The highest BCUT2D eigenvalue weighted by Gasteiger charge is 2.35.